The number of amides is 1. The van der Waals surface area contributed by atoms with E-state index in [-0.39, 0.29) is 23.5 Å². The number of likely N-dealkylation sites (tertiary alicyclic amines) is 1. The van der Waals surface area contributed by atoms with E-state index in [2.05, 4.69) is 16.2 Å². The lowest BCUT2D eigenvalue weighted by atomic mass is 9.78. The van der Waals surface area contributed by atoms with Crippen molar-refractivity contribution in [2.24, 2.45) is 5.41 Å². The molecule has 1 aliphatic carbocycles. The first-order chi connectivity index (χ1) is 12.1. The van der Waals surface area contributed by atoms with Gasteiger partial charge in [0.2, 0.25) is 11.9 Å². The smallest absolute Gasteiger partial charge is 0.230 e. The monoisotopic (exact) mass is 347 g/mol. The fourth-order valence-electron chi connectivity index (χ4n) is 4.67. The van der Waals surface area contributed by atoms with E-state index in [0.29, 0.717) is 12.5 Å². The summed E-state index contributed by atoms with van der Waals surface area (Å²) in [5.41, 5.74) is -0.369. The Kier molecular flexibility index (Phi) is 4.35. The molecule has 3 fully saturated rings. The summed E-state index contributed by atoms with van der Waals surface area (Å²) < 4.78 is 13.0. The van der Waals surface area contributed by atoms with E-state index < -0.39 is 5.82 Å². The number of piperidine rings is 1. The summed E-state index contributed by atoms with van der Waals surface area (Å²) in [6.45, 7) is 2.17. The molecule has 6 nitrogen and oxygen atoms in total. The average molecular weight is 347 g/mol. The minimum absolute atomic E-state index is 0.208. The lowest BCUT2D eigenvalue weighted by molar-refractivity contribution is -0.139. The molecule has 0 unspecified atom stereocenters. The van der Waals surface area contributed by atoms with Crippen molar-refractivity contribution in [1.29, 1.82) is 0 Å². The van der Waals surface area contributed by atoms with Gasteiger partial charge in [0, 0.05) is 25.7 Å². The third-order valence-electron chi connectivity index (χ3n) is 6.07. The van der Waals surface area contributed by atoms with Crippen LogP contribution < -0.4 is 4.90 Å². The van der Waals surface area contributed by atoms with Crippen LogP contribution in [-0.2, 0) is 4.79 Å². The molecule has 1 aromatic heterocycles. The highest BCUT2D eigenvalue weighted by atomic mass is 19.1. The fourth-order valence-corrected chi connectivity index (χ4v) is 4.67. The topological polar surface area (TPSA) is 69.6 Å². The van der Waals surface area contributed by atoms with E-state index in [9.17, 15) is 14.3 Å². The van der Waals surface area contributed by atoms with Crippen LogP contribution in [0.5, 0.6) is 0 Å². The van der Waals surface area contributed by atoms with Crippen molar-refractivity contribution < 1.29 is 14.3 Å². The molecule has 1 spiro atoms. The third kappa shape index (κ3) is 3.10. The lowest BCUT2D eigenvalue weighted by Crippen LogP contribution is -2.50. The van der Waals surface area contributed by atoms with E-state index >= 15 is 0 Å². The molecule has 0 aromatic carbocycles. The van der Waals surface area contributed by atoms with Gasteiger partial charge in [-0.1, -0.05) is 0 Å². The van der Waals surface area contributed by atoms with Crippen molar-refractivity contribution in [3.8, 4) is 0 Å². The molecule has 0 bridgehead atoms. The molecule has 25 heavy (non-hydrogen) atoms. The molecule has 4 rings (SSSR count). The SMILES string of the molecule is O=C1N([C@H]2CC[C@H](O)CC2)CC[C@@]12CCCN(c1n[c]c(F)cn1)C2. The molecule has 1 radical (unpaired) electrons. The summed E-state index contributed by atoms with van der Waals surface area (Å²) in [5, 5.41) is 9.70. The molecule has 3 heterocycles. The molecule has 135 valence electrons. The Bertz CT molecular complexity index is 632. The van der Waals surface area contributed by atoms with Crippen LogP contribution in [0.3, 0.4) is 0 Å². The highest BCUT2D eigenvalue weighted by Crippen LogP contribution is 2.43. The molecular weight excluding hydrogens is 323 g/mol. The summed E-state index contributed by atoms with van der Waals surface area (Å²) in [5.74, 6) is 0.121. The van der Waals surface area contributed by atoms with Gasteiger partial charge < -0.3 is 14.9 Å². The first-order valence-electron chi connectivity index (χ1n) is 9.22. The highest BCUT2D eigenvalue weighted by Gasteiger charge is 2.50. The number of anilines is 1. The van der Waals surface area contributed by atoms with Crippen LogP contribution in [0.4, 0.5) is 10.3 Å². The van der Waals surface area contributed by atoms with Crippen LogP contribution in [0.2, 0.25) is 0 Å². The molecule has 1 saturated carbocycles. The van der Waals surface area contributed by atoms with Crippen LogP contribution in [0.1, 0.15) is 44.9 Å². The van der Waals surface area contributed by atoms with Crippen LogP contribution in [0.25, 0.3) is 0 Å². The van der Waals surface area contributed by atoms with Crippen molar-refractivity contribution in [3.63, 3.8) is 0 Å². The molecule has 1 aromatic rings. The predicted octanol–water partition coefficient (Wildman–Crippen LogP) is 1.54. The normalized spacial score (nSPS) is 33.3. The van der Waals surface area contributed by atoms with Crippen molar-refractivity contribution in [1.82, 2.24) is 14.9 Å². The largest absolute Gasteiger partial charge is 0.393 e. The second kappa shape index (κ2) is 6.52. The zero-order valence-electron chi connectivity index (χ0n) is 14.3. The summed E-state index contributed by atoms with van der Waals surface area (Å²) in [6.07, 6.45) is 9.23. The number of carbonyl (C=O) groups is 1. The van der Waals surface area contributed by atoms with Crippen LogP contribution in [0.15, 0.2) is 6.20 Å². The number of carbonyl (C=O) groups excluding carboxylic acids is 1. The van der Waals surface area contributed by atoms with Gasteiger partial charge in [-0.3, -0.25) is 4.79 Å². The molecule has 2 aliphatic heterocycles. The molecule has 2 saturated heterocycles. The maximum atomic E-state index is 13.2. The Hall–Kier alpha value is -1.76. The lowest BCUT2D eigenvalue weighted by Gasteiger charge is -2.40. The van der Waals surface area contributed by atoms with E-state index in [1.165, 1.54) is 0 Å². The highest BCUT2D eigenvalue weighted by molar-refractivity contribution is 5.86. The zero-order valence-corrected chi connectivity index (χ0v) is 14.3. The first kappa shape index (κ1) is 16.7. The van der Waals surface area contributed by atoms with Gasteiger partial charge in [-0.15, -0.1) is 0 Å². The second-order valence-corrected chi connectivity index (χ2v) is 7.65. The molecule has 1 N–H and O–H groups in total. The number of aliphatic hydroxyl groups excluding tert-OH is 1. The van der Waals surface area contributed by atoms with Crippen LogP contribution in [0, 0.1) is 17.4 Å². The number of rotatable bonds is 2. The van der Waals surface area contributed by atoms with Crippen molar-refractivity contribution in [3.05, 3.63) is 18.2 Å². The molecular formula is C18H24FN4O2. The summed E-state index contributed by atoms with van der Waals surface area (Å²) in [6, 6.07) is 0.265. The van der Waals surface area contributed by atoms with Gasteiger partial charge in [0.25, 0.3) is 0 Å². The number of halogens is 1. The van der Waals surface area contributed by atoms with E-state index in [0.717, 1.165) is 64.2 Å². The minimum atomic E-state index is -0.571. The average Bonchev–Trinajstić information content (AvgIpc) is 2.93. The number of hydrogen-bond donors (Lipinski definition) is 1. The van der Waals surface area contributed by atoms with Crippen LogP contribution >= 0.6 is 0 Å². The Balaban J connectivity index is 1.48. The van der Waals surface area contributed by atoms with Gasteiger partial charge in [-0.05, 0) is 44.9 Å². The number of hydrogen-bond acceptors (Lipinski definition) is 5. The predicted molar refractivity (Wildman–Crippen MR) is 89.3 cm³/mol. The Labute approximate surface area is 147 Å². The Morgan fingerprint density at radius 1 is 1.24 bits per heavy atom. The zero-order chi connectivity index (χ0) is 17.4. The van der Waals surface area contributed by atoms with Gasteiger partial charge in [0.05, 0.1) is 17.7 Å². The van der Waals surface area contributed by atoms with E-state index in [1.807, 2.05) is 9.80 Å². The summed E-state index contributed by atoms with van der Waals surface area (Å²) >= 11 is 0. The van der Waals surface area contributed by atoms with Crippen molar-refractivity contribution >= 4 is 11.9 Å². The Morgan fingerprint density at radius 3 is 2.76 bits per heavy atom. The number of aliphatic hydroxyl groups is 1. The maximum absolute atomic E-state index is 13.2. The quantitative estimate of drug-likeness (QED) is 0.879. The van der Waals surface area contributed by atoms with E-state index in [4.69, 9.17) is 0 Å². The number of aromatic nitrogens is 2. The van der Waals surface area contributed by atoms with Crippen molar-refractivity contribution in [2.45, 2.75) is 57.1 Å². The van der Waals surface area contributed by atoms with Gasteiger partial charge in [-0.2, -0.15) is 0 Å². The first-order valence-corrected chi connectivity index (χ1v) is 9.22. The van der Waals surface area contributed by atoms with Crippen LogP contribution in [-0.4, -0.2) is 57.7 Å². The third-order valence-corrected chi connectivity index (χ3v) is 6.07. The molecule has 1 amide bonds. The fraction of sp³-hybridized carbons (Fsp3) is 0.722. The number of nitrogens with zero attached hydrogens (tertiary/aromatic N) is 4. The minimum Gasteiger partial charge on any atom is -0.393 e. The Morgan fingerprint density at radius 2 is 2.04 bits per heavy atom. The van der Waals surface area contributed by atoms with Gasteiger partial charge in [-0.25, -0.2) is 14.4 Å². The molecule has 7 heteroatoms. The summed E-state index contributed by atoms with van der Waals surface area (Å²) in [7, 11) is 0. The van der Waals surface area contributed by atoms with E-state index in [1.54, 1.807) is 0 Å². The standard InChI is InChI=1S/C18H24FN4O2/c19-13-10-20-17(21-11-13)22-8-1-6-18(12-22)7-9-23(16(18)25)14-2-4-15(24)5-3-14/h10,14-15,24H,1-9,12H2/t14-,15-,18-/m1/s1. The van der Waals surface area contributed by atoms with Gasteiger partial charge in [0.1, 0.15) is 6.20 Å². The van der Waals surface area contributed by atoms with Gasteiger partial charge in [0.15, 0.2) is 5.82 Å². The second-order valence-electron chi connectivity index (χ2n) is 7.65. The van der Waals surface area contributed by atoms with Crippen molar-refractivity contribution in [2.75, 3.05) is 24.5 Å². The molecule has 1 atom stereocenters. The molecule has 3 aliphatic rings. The summed E-state index contributed by atoms with van der Waals surface area (Å²) in [4.78, 5) is 25.3. The maximum Gasteiger partial charge on any atom is 0.230 e. The van der Waals surface area contributed by atoms with Gasteiger partial charge >= 0.3 is 0 Å².